The molecule has 0 aliphatic carbocycles. The van der Waals surface area contributed by atoms with E-state index in [9.17, 15) is 4.39 Å². The summed E-state index contributed by atoms with van der Waals surface area (Å²) in [5.41, 5.74) is 0.969. The highest BCUT2D eigenvalue weighted by Gasteiger charge is 2.13. The Bertz CT molecular complexity index is 457. The molecule has 0 aromatic carbocycles. The Hall–Kier alpha value is -1.56. The fourth-order valence-corrected chi connectivity index (χ4v) is 1.76. The topological polar surface area (TPSA) is 50.7 Å². The average Bonchev–Trinajstić information content (AvgIpc) is 2.67. The van der Waals surface area contributed by atoms with E-state index in [2.05, 4.69) is 19.0 Å². The molecule has 0 unspecified atom stereocenters. The molecule has 0 radical (unpaired) electrons. The second-order valence-electron chi connectivity index (χ2n) is 2.85. The zero-order valence-electron chi connectivity index (χ0n) is 8.07. The number of hydrogen-bond acceptors (Lipinski definition) is 5. The maximum absolute atomic E-state index is 13.4. The summed E-state index contributed by atoms with van der Waals surface area (Å²) in [5.74, 6) is 0.233. The van der Waals surface area contributed by atoms with Gasteiger partial charge in [0.05, 0.1) is 17.9 Å². The minimum absolute atomic E-state index is 0.385. The summed E-state index contributed by atoms with van der Waals surface area (Å²) in [5, 5.41) is 3.03. The van der Waals surface area contributed by atoms with Crippen LogP contribution in [0.4, 0.5) is 10.2 Å². The van der Waals surface area contributed by atoms with Crippen molar-refractivity contribution in [3.05, 3.63) is 24.3 Å². The largest absolute Gasteiger partial charge is 0.368 e. The van der Waals surface area contributed by atoms with Gasteiger partial charge in [-0.15, -0.1) is 0 Å². The van der Waals surface area contributed by atoms with Gasteiger partial charge in [0.15, 0.2) is 11.6 Å². The summed E-state index contributed by atoms with van der Waals surface area (Å²) in [6.07, 6.45) is 2.71. The molecule has 0 aliphatic heterocycles. The Balaban J connectivity index is 2.45. The van der Waals surface area contributed by atoms with Crippen LogP contribution in [0.25, 0.3) is 11.3 Å². The summed E-state index contributed by atoms with van der Waals surface area (Å²) in [6, 6.07) is 1.59. The first kappa shape index (κ1) is 9.97. The number of nitrogens with zero attached hydrogens (tertiary/aromatic N) is 3. The number of rotatable bonds is 3. The highest BCUT2D eigenvalue weighted by Crippen LogP contribution is 2.27. The predicted octanol–water partition coefficient (Wildman–Crippen LogP) is 2.17. The van der Waals surface area contributed by atoms with E-state index in [-0.39, 0.29) is 5.82 Å². The minimum Gasteiger partial charge on any atom is -0.368 e. The standard InChI is InChI=1S/C9H9FN4S/c1-2-12-9-8(13-15-14-9)6-3-4-11-5-7(6)10/h3-5H,2H2,1H3,(H,12,14). The fraction of sp³-hybridized carbons (Fsp3) is 0.222. The van der Waals surface area contributed by atoms with Gasteiger partial charge >= 0.3 is 0 Å². The van der Waals surface area contributed by atoms with Crippen LogP contribution < -0.4 is 5.32 Å². The van der Waals surface area contributed by atoms with Crippen LogP contribution in [0.3, 0.4) is 0 Å². The van der Waals surface area contributed by atoms with Crippen molar-refractivity contribution in [3.8, 4) is 11.3 Å². The van der Waals surface area contributed by atoms with Crippen molar-refractivity contribution < 1.29 is 4.39 Å². The van der Waals surface area contributed by atoms with Gasteiger partial charge < -0.3 is 5.32 Å². The molecule has 2 rings (SSSR count). The lowest BCUT2D eigenvalue weighted by Crippen LogP contribution is -1.99. The van der Waals surface area contributed by atoms with E-state index in [0.717, 1.165) is 18.3 Å². The zero-order valence-corrected chi connectivity index (χ0v) is 8.88. The summed E-state index contributed by atoms with van der Waals surface area (Å²) >= 11 is 1.06. The molecule has 0 bridgehead atoms. The predicted molar refractivity (Wildman–Crippen MR) is 57.3 cm³/mol. The van der Waals surface area contributed by atoms with Crippen molar-refractivity contribution >= 4 is 17.5 Å². The first-order valence-electron chi connectivity index (χ1n) is 4.49. The molecule has 15 heavy (non-hydrogen) atoms. The number of nitrogens with one attached hydrogen (secondary N) is 1. The zero-order chi connectivity index (χ0) is 10.7. The summed E-state index contributed by atoms with van der Waals surface area (Å²) < 4.78 is 21.5. The van der Waals surface area contributed by atoms with Gasteiger partial charge in [-0.05, 0) is 13.0 Å². The Morgan fingerprint density at radius 3 is 3.07 bits per heavy atom. The second kappa shape index (κ2) is 4.31. The third-order valence-corrected chi connectivity index (χ3v) is 2.39. The Morgan fingerprint density at radius 1 is 1.47 bits per heavy atom. The van der Waals surface area contributed by atoms with Crippen LogP contribution >= 0.6 is 11.7 Å². The molecule has 0 atom stereocenters. The van der Waals surface area contributed by atoms with Crippen LogP contribution in [0.15, 0.2) is 18.5 Å². The van der Waals surface area contributed by atoms with Crippen molar-refractivity contribution in [1.29, 1.82) is 0 Å². The van der Waals surface area contributed by atoms with Gasteiger partial charge in [0.25, 0.3) is 0 Å². The average molecular weight is 224 g/mol. The van der Waals surface area contributed by atoms with Gasteiger partial charge in [0, 0.05) is 18.3 Å². The van der Waals surface area contributed by atoms with E-state index in [1.54, 1.807) is 6.07 Å². The van der Waals surface area contributed by atoms with Crippen LogP contribution in [0.1, 0.15) is 6.92 Å². The van der Waals surface area contributed by atoms with Crippen molar-refractivity contribution in [2.75, 3.05) is 11.9 Å². The number of halogens is 1. The molecule has 1 N–H and O–H groups in total. The Labute approximate surface area is 90.5 Å². The van der Waals surface area contributed by atoms with E-state index in [1.807, 2.05) is 6.92 Å². The maximum Gasteiger partial charge on any atom is 0.168 e. The quantitative estimate of drug-likeness (QED) is 0.868. The van der Waals surface area contributed by atoms with Crippen molar-refractivity contribution in [2.24, 2.45) is 0 Å². The molecular weight excluding hydrogens is 215 g/mol. The summed E-state index contributed by atoms with van der Waals surface area (Å²) in [4.78, 5) is 3.69. The fourth-order valence-electron chi connectivity index (χ4n) is 1.22. The number of anilines is 1. The number of aromatic nitrogens is 3. The molecule has 78 valence electrons. The summed E-state index contributed by atoms with van der Waals surface area (Å²) in [6.45, 7) is 2.68. The highest BCUT2D eigenvalue weighted by atomic mass is 32.1. The maximum atomic E-state index is 13.4. The normalized spacial score (nSPS) is 10.3. The molecule has 4 nitrogen and oxygen atoms in total. The Morgan fingerprint density at radius 2 is 2.33 bits per heavy atom. The van der Waals surface area contributed by atoms with E-state index < -0.39 is 0 Å². The van der Waals surface area contributed by atoms with Gasteiger partial charge in [-0.3, -0.25) is 4.98 Å². The molecule has 0 saturated carbocycles. The lowest BCUT2D eigenvalue weighted by Gasteiger charge is -2.02. The minimum atomic E-state index is -0.385. The third-order valence-electron chi connectivity index (χ3n) is 1.86. The van der Waals surface area contributed by atoms with Crippen LogP contribution in [0.2, 0.25) is 0 Å². The lowest BCUT2D eigenvalue weighted by molar-refractivity contribution is 0.624. The Kier molecular flexibility index (Phi) is 2.86. The molecule has 2 aromatic rings. The van der Waals surface area contributed by atoms with Crippen molar-refractivity contribution in [2.45, 2.75) is 6.92 Å². The van der Waals surface area contributed by atoms with Gasteiger partial charge in [-0.1, -0.05) is 0 Å². The molecule has 0 spiro atoms. The van der Waals surface area contributed by atoms with E-state index in [1.165, 1.54) is 12.4 Å². The van der Waals surface area contributed by atoms with Gasteiger partial charge in [-0.2, -0.15) is 8.75 Å². The monoisotopic (exact) mass is 224 g/mol. The molecule has 6 heteroatoms. The van der Waals surface area contributed by atoms with Gasteiger partial charge in [-0.25, -0.2) is 4.39 Å². The molecule has 2 aromatic heterocycles. The molecule has 0 fully saturated rings. The molecule has 2 heterocycles. The van der Waals surface area contributed by atoms with Crippen molar-refractivity contribution in [3.63, 3.8) is 0 Å². The number of hydrogen-bond donors (Lipinski definition) is 1. The third kappa shape index (κ3) is 1.94. The first-order valence-corrected chi connectivity index (χ1v) is 5.22. The number of pyridine rings is 1. The van der Waals surface area contributed by atoms with Crippen LogP contribution in [0.5, 0.6) is 0 Å². The van der Waals surface area contributed by atoms with Crippen LogP contribution in [-0.4, -0.2) is 20.3 Å². The molecule has 0 saturated heterocycles. The molecule has 0 amide bonds. The highest BCUT2D eigenvalue weighted by molar-refractivity contribution is 6.99. The van der Waals surface area contributed by atoms with Gasteiger partial charge in [0.1, 0.15) is 5.69 Å². The molecule has 0 aliphatic rings. The van der Waals surface area contributed by atoms with Crippen molar-refractivity contribution in [1.82, 2.24) is 13.7 Å². The molecular formula is C9H9FN4S. The smallest absolute Gasteiger partial charge is 0.168 e. The van der Waals surface area contributed by atoms with Gasteiger partial charge in [0.2, 0.25) is 0 Å². The summed E-state index contributed by atoms with van der Waals surface area (Å²) in [7, 11) is 0. The first-order chi connectivity index (χ1) is 7.33. The second-order valence-corrected chi connectivity index (χ2v) is 3.38. The van der Waals surface area contributed by atoms with Crippen LogP contribution in [-0.2, 0) is 0 Å². The van der Waals surface area contributed by atoms with E-state index in [4.69, 9.17) is 0 Å². The SMILES string of the molecule is CCNc1nsnc1-c1ccncc1F. The van der Waals surface area contributed by atoms with Crippen LogP contribution in [0, 0.1) is 5.82 Å². The lowest BCUT2D eigenvalue weighted by atomic mass is 10.2. The van der Waals surface area contributed by atoms with E-state index >= 15 is 0 Å². The van der Waals surface area contributed by atoms with E-state index in [0.29, 0.717) is 17.1 Å².